The second-order valence-electron chi connectivity index (χ2n) is 5.75. The lowest BCUT2D eigenvalue weighted by atomic mass is 9.75. The summed E-state index contributed by atoms with van der Waals surface area (Å²) in [4.78, 5) is 0. The Kier molecular flexibility index (Phi) is 5.54. The fourth-order valence-electron chi connectivity index (χ4n) is 2.96. The molecule has 0 bridgehead atoms. The highest BCUT2D eigenvalue weighted by atomic mass is 16.3. The van der Waals surface area contributed by atoms with Crippen molar-refractivity contribution in [1.29, 1.82) is 0 Å². The van der Waals surface area contributed by atoms with Crippen molar-refractivity contribution in [2.75, 3.05) is 13.2 Å². The summed E-state index contributed by atoms with van der Waals surface area (Å²) in [5.41, 5.74) is 2.94. The Balaban J connectivity index is 2.10. The van der Waals surface area contributed by atoms with Gasteiger partial charge in [-0.3, -0.25) is 0 Å². The van der Waals surface area contributed by atoms with Crippen molar-refractivity contribution in [3.63, 3.8) is 0 Å². The smallest absolute Gasteiger partial charge is 0.0550 e. The first-order chi connectivity index (χ1) is 10.2. The molecular weight excluding hydrogens is 260 g/mol. The van der Waals surface area contributed by atoms with Gasteiger partial charge in [-0.2, -0.15) is 0 Å². The molecule has 2 rings (SSSR count). The molecule has 0 amide bonds. The van der Waals surface area contributed by atoms with Crippen molar-refractivity contribution in [2.45, 2.75) is 31.6 Å². The number of aliphatic hydroxyl groups excluding tert-OH is 2. The van der Waals surface area contributed by atoms with Crippen LogP contribution in [-0.4, -0.2) is 23.4 Å². The number of aryl methyl sites for hydroxylation is 2. The van der Waals surface area contributed by atoms with Gasteiger partial charge in [0.2, 0.25) is 0 Å². The van der Waals surface area contributed by atoms with Gasteiger partial charge in [-0.15, -0.1) is 0 Å². The van der Waals surface area contributed by atoms with Crippen molar-refractivity contribution in [1.82, 2.24) is 0 Å². The van der Waals surface area contributed by atoms with E-state index in [4.69, 9.17) is 0 Å². The molecule has 2 N–H and O–H groups in total. The van der Waals surface area contributed by atoms with E-state index in [0.717, 1.165) is 30.4 Å². The molecule has 0 radical (unpaired) electrons. The number of hydrogen-bond acceptors (Lipinski definition) is 2. The highest BCUT2D eigenvalue weighted by molar-refractivity contribution is 5.34. The zero-order valence-corrected chi connectivity index (χ0v) is 12.6. The standard InChI is InChI=1S/C19H24O2/c1-16-8-5-6-12-18(16)19(14-20,15-21)13-7-11-17-9-3-2-4-10-17/h2-6,8-10,12,20-21H,7,11,13-15H2,1H3. The van der Waals surface area contributed by atoms with E-state index in [1.807, 2.05) is 49.4 Å². The summed E-state index contributed by atoms with van der Waals surface area (Å²) >= 11 is 0. The van der Waals surface area contributed by atoms with E-state index in [0.29, 0.717) is 0 Å². The lowest BCUT2D eigenvalue weighted by molar-refractivity contribution is 0.107. The van der Waals surface area contributed by atoms with Gasteiger partial charge >= 0.3 is 0 Å². The maximum absolute atomic E-state index is 9.89. The minimum absolute atomic E-state index is 0.0247. The van der Waals surface area contributed by atoms with Crippen molar-refractivity contribution >= 4 is 0 Å². The molecule has 0 saturated carbocycles. The Morgan fingerprint density at radius 1 is 0.857 bits per heavy atom. The maximum Gasteiger partial charge on any atom is 0.0550 e. The van der Waals surface area contributed by atoms with Crippen LogP contribution in [0, 0.1) is 6.92 Å². The third kappa shape index (κ3) is 3.72. The van der Waals surface area contributed by atoms with E-state index in [1.165, 1.54) is 5.56 Å². The highest BCUT2D eigenvalue weighted by Gasteiger charge is 2.31. The predicted molar refractivity (Wildman–Crippen MR) is 86.4 cm³/mol. The minimum atomic E-state index is -0.542. The van der Waals surface area contributed by atoms with Crippen LogP contribution in [0.15, 0.2) is 54.6 Å². The van der Waals surface area contributed by atoms with Crippen molar-refractivity contribution in [2.24, 2.45) is 0 Å². The van der Waals surface area contributed by atoms with E-state index in [1.54, 1.807) is 0 Å². The average Bonchev–Trinajstić information content (AvgIpc) is 2.54. The molecule has 2 nitrogen and oxygen atoms in total. The number of benzene rings is 2. The summed E-state index contributed by atoms with van der Waals surface area (Å²) in [5, 5.41) is 19.8. The fraction of sp³-hybridized carbons (Fsp3) is 0.368. The maximum atomic E-state index is 9.89. The van der Waals surface area contributed by atoms with Crippen LogP contribution in [0.3, 0.4) is 0 Å². The largest absolute Gasteiger partial charge is 0.395 e. The van der Waals surface area contributed by atoms with Gasteiger partial charge in [0.25, 0.3) is 0 Å². The molecule has 21 heavy (non-hydrogen) atoms. The Hall–Kier alpha value is -1.64. The number of hydrogen-bond donors (Lipinski definition) is 2. The van der Waals surface area contributed by atoms with Crippen molar-refractivity contribution in [3.8, 4) is 0 Å². The molecule has 112 valence electrons. The first kappa shape index (κ1) is 15.7. The van der Waals surface area contributed by atoms with E-state index in [-0.39, 0.29) is 13.2 Å². The van der Waals surface area contributed by atoms with Crippen LogP contribution in [0.5, 0.6) is 0 Å². The van der Waals surface area contributed by atoms with Crippen LogP contribution in [0.25, 0.3) is 0 Å². The Morgan fingerprint density at radius 2 is 1.48 bits per heavy atom. The van der Waals surface area contributed by atoms with E-state index >= 15 is 0 Å². The van der Waals surface area contributed by atoms with Crippen molar-refractivity contribution in [3.05, 3.63) is 71.3 Å². The van der Waals surface area contributed by atoms with E-state index in [2.05, 4.69) is 12.1 Å². The molecular formula is C19H24O2. The third-order valence-electron chi connectivity index (χ3n) is 4.29. The van der Waals surface area contributed by atoms with Gasteiger partial charge < -0.3 is 10.2 Å². The molecule has 2 aromatic rings. The SMILES string of the molecule is Cc1ccccc1C(CO)(CO)CCCc1ccccc1. The molecule has 0 aliphatic heterocycles. The van der Waals surface area contributed by atoms with Crippen LogP contribution < -0.4 is 0 Å². The first-order valence-corrected chi connectivity index (χ1v) is 7.53. The van der Waals surface area contributed by atoms with Gasteiger partial charge in [0.15, 0.2) is 0 Å². The quantitative estimate of drug-likeness (QED) is 0.819. The van der Waals surface area contributed by atoms with Gasteiger partial charge in [-0.05, 0) is 42.9 Å². The minimum Gasteiger partial charge on any atom is -0.395 e. The highest BCUT2D eigenvalue weighted by Crippen LogP contribution is 2.31. The lowest BCUT2D eigenvalue weighted by Gasteiger charge is -2.32. The van der Waals surface area contributed by atoms with Crippen molar-refractivity contribution < 1.29 is 10.2 Å². The topological polar surface area (TPSA) is 40.5 Å². The fourth-order valence-corrected chi connectivity index (χ4v) is 2.96. The van der Waals surface area contributed by atoms with Gasteiger partial charge in [-0.1, -0.05) is 54.6 Å². The Bertz CT molecular complexity index is 545. The molecule has 0 aliphatic carbocycles. The normalized spacial score (nSPS) is 11.6. The summed E-state index contributed by atoms with van der Waals surface area (Å²) in [5.74, 6) is 0. The van der Waals surface area contributed by atoms with E-state index < -0.39 is 5.41 Å². The summed E-state index contributed by atoms with van der Waals surface area (Å²) in [7, 11) is 0. The Labute approximate surface area is 127 Å². The van der Waals surface area contributed by atoms with Gasteiger partial charge in [0.1, 0.15) is 0 Å². The molecule has 2 aromatic carbocycles. The molecule has 0 heterocycles. The lowest BCUT2D eigenvalue weighted by Crippen LogP contribution is -2.35. The molecule has 0 atom stereocenters. The van der Waals surface area contributed by atoms with Crippen LogP contribution in [0.1, 0.15) is 29.5 Å². The van der Waals surface area contributed by atoms with Gasteiger partial charge in [-0.25, -0.2) is 0 Å². The average molecular weight is 284 g/mol. The molecule has 0 aliphatic rings. The monoisotopic (exact) mass is 284 g/mol. The first-order valence-electron chi connectivity index (χ1n) is 7.53. The van der Waals surface area contributed by atoms with E-state index in [9.17, 15) is 10.2 Å². The second-order valence-corrected chi connectivity index (χ2v) is 5.75. The van der Waals surface area contributed by atoms with Crippen LogP contribution in [0.2, 0.25) is 0 Å². The van der Waals surface area contributed by atoms with Crippen LogP contribution in [0.4, 0.5) is 0 Å². The van der Waals surface area contributed by atoms with Crippen LogP contribution >= 0.6 is 0 Å². The Morgan fingerprint density at radius 3 is 2.10 bits per heavy atom. The molecule has 0 unspecified atom stereocenters. The molecule has 0 fully saturated rings. The summed E-state index contributed by atoms with van der Waals surface area (Å²) in [6, 6.07) is 18.4. The molecule has 2 heteroatoms. The van der Waals surface area contributed by atoms with Gasteiger partial charge in [0.05, 0.1) is 13.2 Å². The zero-order chi connectivity index (χ0) is 15.1. The second kappa shape index (κ2) is 7.39. The molecule has 0 aromatic heterocycles. The van der Waals surface area contributed by atoms with Crippen LogP contribution in [-0.2, 0) is 11.8 Å². The predicted octanol–water partition coefficient (Wildman–Crippen LogP) is 3.24. The molecule has 0 spiro atoms. The third-order valence-corrected chi connectivity index (χ3v) is 4.29. The zero-order valence-electron chi connectivity index (χ0n) is 12.6. The number of aliphatic hydroxyl groups is 2. The summed E-state index contributed by atoms with van der Waals surface area (Å²) in [6.45, 7) is 1.99. The van der Waals surface area contributed by atoms with Gasteiger partial charge in [0, 0.05) is 5.41 Å². The number of rotatable bonds is 7. The molecule has 0 saturated heterocycles. The summed E-state index contributed by atoms with van der Waals surface area (Å²) < 4.78 is 0. The summed E-state index contributed by atoms with van der Waals surface area (Å²) in [6.07, 6.45) is 2.69.